The summed E-state index contributed by atoms with van der Waals surface area (Å²) in [5, 5.41) is 12.8. The SMILES string of the molecule is Cc1nn(-c2ccc(Oc3ccc(NS(=O)(=O)c4ccc(Cl)s4)cc3)nn2)c(C)c1C. The molecule has 0 spiro atoms. The van der Waals surface area contributed by atoms with E-state index in [1.54, 1.807) is 47.1 Å². The molecule has 8 nitrogen and oxygen atoms in total. The zero-order valence-corrected chi connectivity index (χ0v) is 19.2. The molecule has 0 aliphatic carbocycles. The average Bonchev–Trinajstić information content (AvgIpc) is 3.29. The lowest BCUT2D eigenvalue weighted by atomic mass is 10.2. The van der Waals surface area contributed by atoms with Gasteiger partial charge in [-0.2, -0.15) is 5.10 Å². The smallest absolute Gasteiger partial charge is 0.271 e. The number of rotatable bonds is 6. The Morgan fingerprint density at radius 2 is 1.74 bits per heavy atom. The zero-order chi connectivity index (χ0) is 22.2. The summed E-state index contributed by atoms with van der Waals surface area (Å²) in [6.07, 6.45) is 0. The van der Waals surface area contributed by atoms with Gasteiger partial charge in [0.1, 0.15) is 9.96 Å². The first-order valence-corrected chi connectivity index (χ1v) is 11.8. The number of thiophene rings is 1. The topological polar surface area (TPSA) is 99.0 Å². The Morgan fingerprint density at radius 1 is 1.00 bits per heavy atom. The van der Waals surface area contributed by atoms with Gasteiger partial charge in [-0.15, -0.1) is 21.5 Å². The van der Waals surface area contributed by atoms with Gasteiger partial charge in [-0.05, 0) is 68.8 Å². The van der Waals surface area contributed by atoms with E-state index >= 15 is 0 Å². The predicted molar refractivity (Wildman–Crippen MR) is 120 cm³/mol. The van der Waals surface area contributed by atoms with Gasteiger partial charge in [-0.3, -0.25) is 4.72 Å². The van der Waals surface area contributed by atoms with Crippen LogP contribution in [0.2, 0.25) is 4.34 Å². The average molecular weight is 476 g/mol. The molecular weight excluding hydrogens is 458 g/mol. The van der Waals surface area contributed by atoms with Crippen molar-refractivity contribution in [1.29, 1.82) is 0 Å². The zero-order valence-electron chi connectivity index (χ0n) is 16.8. The number of aryl methyl sites for hydroxylation is 1. The lowest BCUT2D eigenvalue weighted by molar-refractivity contribution is 0.454. The van der Waals surface area contributed by atoms with E-state index in [9.17, 15) is 8.42 Å². The number of benzene rings is 1. The summed E-state index contributed by atoms with van der Waals surface area (Å²) in [5.41, 5.74) is 3.46. The highest BCUT2D eigenvalue weighted by molar-refractivity contribution is 7.94. The largest absolute Gasteiger partial charge is 0.438 e. The van der Waals surface area contributed by atoms with Crippen molar-refractivity contribution in [2.45, 2.75) is 25.0 Å². The molecule has 3 aromatic heterocycles. The van der Waals surface area contributed by atoms with Crippen LogP contribution in [0.5, 0.6) is 11.6 Å². The van der Waals surface area contributed by atoms with Crippen molar-refractivity contribution >= 4 is 38.6 Å². The summed E-state index contributed by atoms with van der Waals surface area (Å²) in [5.74, 6) is 1.40. The molecule has 0 radical (unpaired) electrons. The predicted octanol–water partition coefficient (Wildman–Crippen LogP) is 4.90. The van der Waals surface area contributed by atoms with Gasteiger partial charge in [-0.1, -0.05) is 11.6 Å². The molecule has 0 aliphatic heterocycles. The first-order valence-electron chi connectivity index (χ1n) is 9.16. The normalized spacial score (nSPS) is 11.5. The van der Waals surface area contributed by atoms with E-state index in [0.717, 1.165) is 28.3 Å². The minimum Gasteiger partial charge on any atom is -0.438 e. The van der Waals surface area contributed by atoms with Gasteiger partial charge in [0, 0.05) is 17.4 Å². The number of nitrogens with zero attached hydrogens (tertiary/aromatic N) is 4. The molecule has 11 heteroatoms. The molecule has 1 aromatic carbocycles. The maximum atomic E-state index is 12.4. The van der Waals surface area contributed by atoms with E-state index in [0.29, 0.717) is 27.5 Å². The van der Waals surface area contributed by atoms with Gasteiger partial charge in [0.15, 0.2) is 5.82 Å². The van der Waals surface area contributed by atoms with Crippen molar-refractivity contribution in [3.63, 3.8) is 0 Å². The van der Waals surface area contributed by atoms with E-state index in [1.165, 1.54) is 6.07 Å². The van der Waals surface area contributed by atoms with Crippen LogP contribution in [-0.4, -0.2) is 28.4 Å². The van der Waals surface area contributed by atoms with Gasteiger partial charge in [0.05, 0.1) is 10.0 Å². The molecule has 0 saturated heterocycles. The molecule has 4 rings (SSSR count). The lowest BCUT2D eigenvalue weighted by Crippen LogP contribution is -2.11. The number of halogens is 1. The fourth-order valence-electron chi connectivity index (χ4n) is 2.78. The number of aromatic nitrogens is 4. The molecule has 0 unspecified atom stereocenters. The molecule has 3 heterocycles. The maximum Gasteiger partial charge on any atom is 0.271 e. The summed E-state index contributed by atoms with van der Waals surface area (Å²) in [7, 11) is -3.69. The summed E-state index contributed by atoms with van der Waals surface area (Å²) in [6, 6.07) is 13.0. The summed E-state index contributed by atoms with van der Waals surface area (Å²) >= 11 is 6.81. The van der Waals surface area contributed by atoms with Crippen molar-refractivity contribution in [1.82, 2.24) is 20.0 Å². The maximum absolute atomic E-state index is 12.4. The molecule has 160 valence electrons. The molecule has 1 N–H and O–H groups in total. The second-order valence-corrected chi connectivity index (χ2v) is 10.4. The number of ether oxygens (including phenoxy) is 1. The standard InChI is InChI=1S/C20H18ClN5O3S2/c1-12-13(2)24-26(14(12)3)18-9-10-19(23-22-18)29-16-6-4-15(5-7-16)25-31(27,28)20-11-8-17(21)30-20/h4-11,25H,1-3H3. The fraction of sp³-hybridized carbons (Fsp3) is 0.150. The third-order valence-corrected chi connectivity index (χ3v) is 7.74. The first-order chi connectivity index (χ1) is 14.7. The number of hydrogen-bond donors (Lipinski definition) is 1. The monoisotopic (exact) mass is 475 g/mol. The van der Waals surface area contributed by atoms with E-state index in [2.05, 4.69) is 20.0 Å². The Labute approximate surface area is 188 Å². The Morgan fingerprint density at radius 3 is 2.29 bits per heavy atom. The fourth-order valence-corrected chi connectivity index (χ4v) is 5.32. The number of nitrogens with one attached hydrogen (secondary N) is 1. The van der Waals surface area contributed by atoms with Crippen LogP contribution < -0.4 is 9.46 Å². The van der Waals surface area contributed by atoms with Crippen LogP contribution in [0.1, 0.15) is 17.0 Å². The molecular formula is C20H18ClN5O3S2. The highest BCUT2D eigenvalue weighted by Gasteiger charge is 2.17. The Kier molecular flexibility index (Phi) is 5.69. The summed E-state index contributed by atoms with van der Waals surface area (Å²) < 4.78 is 35.2. The Bertz CT molecular complexity index is 1330. The summed E-state index contributed by atoms with van der Waals surface area (Å²) in [6.45, 7) is 5.94. The van der Waals surface area contributed by atoms with E-state index < -0.39 is 10.0 Å². The van der Waals surface area contributed by atoms with Crippen LogP contribution in [0.4, 0.5) is 5.69 Å². The molecule has 0 fully saturated rings. The van der Waals surface area contributed by atoms with Crippen LogP contribution in [0, 0.1) is 20.8 Å². The molecule has 31 heavy (non-hydrogen) atoms. The lowest BCUT2D eigenvalue weighted by Gasteiger charge is -2.08. The van der Waals surface area contributed by atoms with Gasteiger partial charge >= 0.3 is 0 Å². The number of sulfonamides is 1. The van der Waals surface area contributed by atoms with Crippen LogP contribution in [0.25, 0.3) is 5.82 Å². The minimum absolute atomic E-state index is 0.144. The third-order valence-electron chi connectivity index (χ3n) is 4.64. The second-order valence-electron chi connectivity index (χ2n) is 6.73. The van der Waals surface area contributed by atoms with Crippen molar-refractivity contribution in [2.24, 2.45) is 0 Å². The molecule has 0 aliphatic rings. The first kappa shape index (κ1) is 21.3. The Balaban J connectivity index is 1.45. The van der Waals surface area contributed by atoms with Crippen LogP contribution in [-0.2, 0) is 10.0 Å². The van der Waals surface area contributed by atoms with Gasteiger partial charge < -0.3 is 4.74 Å². The van der Waals surface area contributed by atoms with Crippen molar-refractivity contribution in [3.8, 4) is 17.4 Å². The van der Waals surface area contributed by atoms with Crippen molar-refractivity contribution < 1.29 is 13.2 Å². The van der Waals surface area contributed by atoms with Gasteiger partial charge in [0.2, 0.25) is 5.88 Å². The number of anilines is 1. The molecule has 0 amide bonds. The minimum atomic E-state index is -3.69. The molecule has 4 aromatic rings. The number of hydrogen-bond acceptors (Lipinski definition) is 7. The van der Waals surface area contributed by atoms with Crippen LogP contribution in [0.3, 0.4) is 0 Å². The van der Waals surface area contributed by atoms with E-state index in [1.807, 2.05) is 20.8 Å². The third kappa shape index (κ3) is 4.55. The quantitative estimate of drug-likeness (QED) is 0.426. The second kappa shape index (κ2) is 8.29. The highest BCUT2D eigenvalue weighted by atomic mass is 35.5. The van der Waals surface area contributed by atoms with Crippen molar-refractivity contribution in [2.75, 3.05) is 4.72 Å². The van der Waals surface area contributed by atoms with Crippen LogP contribution in [0.15, 0.2) is 52.7 Å². The van der Waals surface area contributed by atoms with Crippen molar-refractivity contribution in [3.05, 3.63) is 69.8 Å². The Hall–Kier alpha value is -2.95. The van der Waals surface area contributed by atoms with E-state index in [-0.39, 0.29) is 4.21 Å². The molecule has 0 saturated carbocycles. The highest BCUT2D eigenvalue weighted by Crippen LogP contribution is 2.28. The summed E-state index contributed by atoms with van der Waals surface area (Å²) in [4.78, 5) is 0. The van der Waals surface area contributed by atoms with Crippen LogP contribution >= 0.6 is 22.9 Å². The van der Waals surface area contributed by atoms with Gasteiger partial charge in [-0.25, -0.2) is 13.1 Å². The van der Waals surface area contributed by atoms with E-state index in [4.69, 9.17) is 16.3 Å². The molecule has 0 bridgehead atoms. The van der Waals surface area contributed by atoms with Gasteiger partial charge in [0.25, 0.3) is 10.0 Å². The molecule has 0 atom stereocenters.